The Kier molecular flexibility index (Phi) is 3.58. The van der Waals surface area contributed by atoms with Gasteiger partial charge in [-0.2, -0.15) is 12.6 Å². The first-order valence-corrected chi connectivity index (χ1v) is 5.93. The standard InChI is InChI=1S/C12H14N2O2S/c1-16-9-2-3-10-8(6-9)7-11(14-10)12(15)13-4-5-17/h2-3,6-7,14,17H,4-5H2,1H3,(H,13,15). The molecule has 0 radical (unpaired) electrons. The molecule has 5 heteroatoms. The molecule has 4 nitrogen and oxygen atoms in total. The molecule has 0 spiro atoms. The highest BCUT2D eigenvalue weighted by molar-refractivity contribution is 7.80. The Balaban J connectivity index is 2.28. The van der Waals surface area contributed by atoms with Crippen molar-refractivity contribution >= 4 is 29.4 Å². The Bertz CT molecular complexity index is 536. The molecule has 2 N–H and O–H groups in total. The van der Waals surface area contributed by atoms with Crippen LogP contribution in [0.2, 0.25) is 0 Å². The van der Waals surface area contributed by atoms with Crippen molar-refractivity contribution in [3.63, 3.8) is 0 Å². The second-order valence-corrected chi connectivity index (χ2v) is 4.06. The molecule has 1 heterocycles. The fourth-order valence-corrected chi connectivity index (χ4v) is 1.74. The third-order valence-corrected chi connectivity index (χ3v) is 2.69. The maximum Gasteiger partial charge on any atom is 0.267 e. The highest BCUT2D eigenvalue weighted by Crippen LogP contribution is 2.21. The molecule has 90 valence electrons. The van der Waals surface area contributed by atoms with Crippen LogP contribution >= 0.6 is 12.6 Å². The number of carbonyl (C=O) groups is 1. The number of hydrogen-bond acceptors (Lipinski definition) is 3. The molecule has 0 fully saturated rings. The van der Waals surface area contributed by atoms with Gasteiger partial charge in [-0.05, 0) is 24.3 Å². The number of ether oxygens (including phenoxy) is 1. The van der Waals surface area contributed by atoms with E-state index in [0.29, 0.717) is 18.0 Å². The maximum atomic E-state index is 11.7. The van der Waals surface area contributed by atoms with Crippen molar-refractivity contribution in [1.82, 2.24) is 10.3 Å². The zero-order valence-electron chi connectivity index (χ0n) is 9.49. The lowest BCUT2D eigenvalue weighted by Crippen LogP contribution is -2.25. The Morgan fingerprint density at radius 3 is 3.00 bits per heavy atom. The lowest BCUT2D eigenvalue weighted by atomic mass is 10.2. The molecule has 0 unspecified atom stereocenters. The van der Waals surface area contributed by atoms with E-state index in [2.05, 4.69) is 22.9 Å². The molecule has 0 aliphatic rings. The third kappa shape index (κ3) is 2.55. The van der Waals surface area contributed by atoms with E-state index < -0.39 is 0 Å². The normalized spacial score (nSPS) is 10.5. The van der Waals surface area contributed by atoms with Crippen molar-refractivity contribution in [2.75, 3.05) is 19.4 Å². The molecular formula is C12H14N2O2S. The van der Waals surface area contributed by atoms with E-state index in [1.165, 1.54) is 0 Å². The number of benzene rings is 1. The quantitative estimate of drug-likeness (QED) is 0.725. The topological polar surface area (TPSA) is 54.1 Å². The van der Waals surface area contributed by atoms with Gasteiger partial charge >= 0.3 is 0 Å². The van der Waals surface area contributed by atoms with Gasteiger partial charge in [0, 0.05) is 23.2 Å². The molecule has 17 heavy (non-hydrogen) atoms. The van der Waals surface area contributed by atoms with Gasteiger partial charge in [-0.3, -0.25) is 4.79 Å². The lowest BCUT2D eigenvalue weighted by Gasteiger charge is -1.99. The van der Waals surface area contributed by atoms with Crippen LogP contribution in [0.25, 0.3) is 10.9 Å². The van der Waals surface area contributed by atoms with Crippen molar-refractivity contribution in [1.29, 1.82) is 0 Å². The van der Waals surface area contributed by atoms with Crippen LogP contribution in [-0.2, 0) is 0 Å². The summed E-state index contributed by atoms with van der Waals surface area (Å²) in [7, 11) is 1.62. The number of thiol groups is 1. The molecule has 0 atom stereocenters. The van der Waals surface area contributed by atoms with Crippen molar-refractivity contribution in [3.8, 4) is 5.75 Å². The Labute approximate surface area is 105 Å². The minimum absolute atomic E-state index is 0.116. The second kappa shape index (κ2) is 5.14. The zero-order valence-corrected chi connectivity index (χ0v) is 10.4. The van der Waals surface area contributed by atoms with Gasteiger partial charge in [0.2, 0.25) is 0 Å². The molecule has 2 aromatic rings. The van der Waals surface area contributed by atoms with Crippen LogP contribution in [0.5, 0.6) is 5.75 Å². The number of aromatic nitrogens is 1. The minimum atomic E-state index is -0.116. The van der Waals surface area contributed by atoms with E-state index in [0.717, 1.165) is 16.7 Å². The number of fused-ring (bicyclic) bond motifs is 1. The number of methoxy groups -OCH3 is 1. The van der Waals surface area contributed by atoms with E-state index in [9.17, 15) is 4.79 Å². The first-order valence-electron chi connectivity index (χ1n) is 5.30. The second-order valence-electron chi connectivity index (χ2n) is 3.62. The molecule has 2 rings (SSSR count). The zero-order chi connectivity index (χ0) is 12.3. The fourth-order valence-electron chi connectivity index (χ4n) is 1.62. The van der Waals surface area contributed by atoms with E-state index >= 15 is 0 Å². The number of hydrogen-bond donors (Lipinski definition) is 3. The Morgan fingerprint density at radius 1 is 1.47 bits per heavy atom. The van der Waals surface area contributed by atoms with Crippen molar-refractivity contribution in [3.05, 3.63) is 30.0 Å². The summed E-state index contributed by atoms with van der Waals surface area (Å²) in [6.07, 6.45) is 0. The maximum absolute atomic E-state index is 11.7. The van der Waals surface area contributed by atoms with Gasteiger partial charge in [0.15, 0.2) is 0 Å². The Hall–Kier alpha value is -1.62. The first-order chi connectivity index (χ1) is 8.24. The monoisotopic (exact) mass is 250 g/mol. The van der Waals surface area contributed by atoms with Crippen molar-refractivity contribution < 1.29 is 9.53 Å². The lowest BCUT2D eigenvalue weighted by molar-refractivity contribution is 0.0952. The SMILES string of the molecule is COc1ccc2[nH]c(C(=O)NCCS)cc2c1. The van der Waals surface area contributed by atoms with Crippen LogP contribution in [0.3, 0.4) is 0 Å². The molecule has 1 amide bonds. The number of amides is 1. The summed E-state index contributed by atoms with van der Waals surface area (Å²) < 4.78 is 5.13. The summed E-state index contributed by atoms with van der Waals surface area (Å²) in [6.45, 7) is 0.556. The van der Waals surface area contributed by atoms with Gasteiger partial charge < -0.3 is 15.0 Å². The third-order valence-electron chi connectivity index (χ3n) is 2.47. The van der Waals surface area contributed by atoms with E-state index in [1.807, 2.05) is 24.3 Å². The number of aromatic amines is 1. The van der Waals surface area contributed by atoms with E-state index in [4.69, 9.17) is 4.74 Å². The van der Waals surface area contributed by atoms with Crippen LogP contribution < -0.4 is 10.1 Å². The van der Waals surface area contributed by atoms with Gasteiger partial charge in [0.05, 0.1) is 7.11 Å². The predicted molar refractivity (Wildman–Crippen MR) is 71.0 cm³/mol. The van der Waals surface area contributed by atoms with Gasteiger partial charge in [-0.25, -0.2) is 0 Å². The van der Waals surface area contributed by atoms with Crippen LogP contribution in [0.15, 0.2) is 24.3 Å². The largest absolute Gasteiger partial charge is 0.497 e. The molecule has 0 bridgehead atoms. The summed E-state index contributed by atoms with van der Waals surface area (Å²) in [5, 5.41) is 3.72. The Morgan fingerprint density at radius 2 is 2.29 bits per heavy atom. The number of carbonyl (C=O) groups excluding carboxylic acids is 1. The van der Waals surface area contributed by atoms with Crippen LogP contribution in [0.1, 0.15) is 10.5 Å². The molecular weight excluding hydrogens is 236 g/mol. The van der Waals surface area contributed by atoms with Gasteiger partial charge in [0.1, 0.15) is 11.4 Å². The molecule has 0 saturated heterocycles. The number of rotatable bonds is 4. The highest BCUT2D eigenvalue weighted by Gasteiger charge is 2.08. The summed E-state index contributed by atoms with van der Waals surface area (Å²) >= 11 is 4.04. The average Bonchev–Trinajstić information content (AvgIpc) is 2.78. The highest BCUT2D eigenvalue weighted by atomic mass is 32.1. The molecule has 1 aromatic heterocycles. The van der Waals surface area contributed by atoms with Crippen LogP contribution in [0.4, 0.5) is 0 Å². The molecule has 0 saturated carbocycles. The number of H-pyrrole nitrogens is 1. The average molecular weight is 250 g/mol. The first kappa shape index (κ1) is 11.9. The van der Waals surface area contributed by atoms with Gasteiger partial charge in [-0.1, -0.05) is 0 Å². The van der Waals surface area contributed by atoms with Crippen molar-refractivity contribution in [2.45, 2.75) is 0 Å². The van der Waals surface area contributed by atoms with Gasteiger partial charge in [-0.15, -0.1) is 0 Å². The number of nitrogens with one attached hydrogen (secondary N) is 2. The summed E-state index contributed by atoms with van der Waals surface area (Å²) in [5.41, 5.74) is 1.47. The van der Waals surface area contributed by atoms with Crippen LogP contribution in [-0.4, -0.2) is 30.3 Å². The minimum Gasteiger partial charge on any atom is -0.497 e. The summed E-state index contributed by atoms with van der Waals surface area (Å²) in [4.78, 5) is 14.8. The summed E-state index contributed by atoms with van der Waals surface area (Å²) in [6, 6.07) is 7.45. The molecule has 0 aliphatic heterocycles. The predicted octanol–water partition coefficient (Wildman–Crippen LogP) is 1.84. The molecule has 1 aromatic carbocycles. The van der Waals surface area contributed by atoms with Gasteiger partial charge in [0.25, 0.3) is 5.91 Å². The fraction of sp³-hybridized carbons (Fsp3) is 0.250. The van der Waals surface area contributed by atoms with Crippen LogP contribution in [0, 0.1) is 0 Å². The van der Waals surface area contributed by atoms with E-state index in [-0.39, 0.29) is 5.91 Å². The summed E-state index contributed by atoms with van der Waals surface area (Å²) in [5.74, 6) is 1.29. The molecule has 0 aliphatic carbocycles. The van der Waals surface area contributed by atoms with E-state index in [1.54, 1.807) is 7.11 Å². The smallest absolute Gasteiger partial charge is 0.267 e. The van der Waals surface area contributed by atoms with Crippen molar-refractivity contribution in [2.24, 2.45) is 0 Å².